The van der Waals surface area contributed by atoms with E-state index in [0.717, 1.165) is 49.9 Å². The van der Waals surface area contributed by atoms with Crippen molar-refractivity contribution in [2.45, 2.75) is 44.8 Å². The van der Waals surface area contributed by atoms with Gasteiger partial charge in [0.15, 0.2) is 0 Å². The largest absolute Gasteiger partial charge is 0.380 e. The highest BCUT2D eigenvalue weighted by atomic mass is 16.6. The summed E-state index contributed by atoms with van der Waals surface area (Å²) in [5.41, 5.74) is 1.66. The van der Waals surface area contributed by atoms with Gasteiger partial charge in [-0.05, 0) is 25.3 Å². The first-order valence-corrected chi connectivity index (χ1v) is 8.90. The zero-order valence-corrected chi connectivity index (χ0v) is 14.6. The molecular formula is C18H25N3O4. The zero-order valence-electron chi connectivity index (χ0n) is 14.6. The fourth-order valence-corrected chi connectivity index (χ4v) is 3.84. The van der Waals surface area contributed by atoms with Gasteiger partial charge >= 0.3 is 0 Å². The molecule has 1 aromatic rings. The Morgan fingerprint density at radius 3 is 2.80 bits per heavy atom. The van der Waals surface area contributed by atoms with Gasteiger partial charge in [-0.2, -0.15) is 0 Å². The summed E-state index contributed by atoms with van der Waals surface area (Å²) in [6, 6.07) is 4.94. The van der Waals surface area contributed by atoms with Crippen LogP contribution < -0.4 is 5.32 Å². The summed E-state index contributed by atoms with van der Waals surface area (Å²) in [5, 5.41) is 14.4. The molecule has 7 heteroatoms. The Kier molecular flexibility index (Phi) is 5.53. The summed E-state index contributed by atoms with van der Waals surface area (Å²) in [5.74, 6) is 0.504. The first-order valence-electron chi connectivity index (χ1n) is 8.90. The molecule has 1 N–H and O–H groups in total. The second-order valence-corrected chi connectivity index (χ2v) is 6.93. The number of amides is 1. The number of benzene rings is 1. The van der Waals surface area contributed by atoms with Crippen LogP contribution in [0.4, 0.5) is 11.4 Å². The van der Waals surface area contributed by atoms with Gasteiger partial charge in [0, 0.05) is 55.5 Å². The van der Waals surface area contributed by atoms with Crippen LogP contribution in [0.25, 0.3) is 0 Å². The van der Waals surface area contributed by atoms with Crippen LogP contribution in [0.1, 0.15) is 37.7 Å². The molecule has 1 aliphatic heterocycles. The van der Waals surface area contributed by atoms with E-state index in [1.54, 1.807) is 19.2 Å². The molecule has 1 saturated carbocycles. The Labute approximate surface area is 147 Å². The molecule has 136 valence electrons. The van der Waals surface area contributed by atoms with Crippen molar-refractivity contribution in [1.82, 2.24) is 4.90 Å². The molecule has 2 fully saturated rings. The van der Waals surface area contributed by atoms with E-state index in [9.17, 15) is 14.9 Å². The summed E-state index contributed by atoms with van der Waals surface area (Å²) in [4.78, 5) is 25.1. The highest BCUT2D eigenvalue weighted by Crippen LogP contribution is 2.29. The molecule has 0 spiro atoms. The molecule has 0 radical (unpaired) electrons. The maximum absolute atomic E-state index is 12.5. The Balaban J connectivity index is 1.64. The Morgan fingerprint density at radius 2 is 2.12 bits per heavy atom. The number of nitro groups is 1. The third-order valence-electron chi connectivity index (χ3n) is 5.16. The first kappa shape index (κ1) is 17.7. The van der Waals surface area contributed by atoms with Crippen LogP contribution in [0, 0.1) is 16.0 Å². The third-order valence-corrected chi connectivity index (χ3v) is 5.16. The van der Waals surface area contributed by atoms with Crippen LogP contribution in [-0.2, 0) is 16.1 Å². The number of hydrogen-bond donors (Lipinski definition) is 1. The number of nitrogens with one attached hydrogen (secondary N) is 1. The fourth-order valence-electron chi connectivity index (χ4n) is 3.84. The molecule has 0 aromatic heterocycles. The predicted octanol–water partition coefficient (Wildman–Crippen LogP) is 2.94. The molecule has 3 rings (SSSR count). The molecule has 2 aliphatic rings. The lowest BCUT2D eigenvalue weighted by Crippen LogP contribution is -2.35. The van der Waals surface area contributed by atoms with Gasteiger partial charge in [-0.15, -0.1) is 0 Å². The lowest BCUT2D eigenvalue weighted by atomic mass is 10.1. The minimum Gasteiger partial charge on any atom is -0.380 e. The van der Waals surface area contributed by atoms with Crippen LogP contribution in [-0.4, -0.2) is 42.0 Å². The summed E-state index contributed by atoms with van der Waals surface area (Å²) in [6.07, 6.45) is 5.26. The first-order chi connectivity index (χ1) is 12.1. The van der Waals surface area contributed by atoms with Crippen molar-refractivity contribution in [2.24, 2.45) is 5.92 Å². The summed E-state index contributed by atoms with van der Waals surface area (Å²) < 4.78 is 5.17. The molecule has 1 amide bonds. The SMILES string of the molecule is COCc1cc([N+](=O)[O-])ccc1NC1CCN(C(=O)C2CCCC2)C1. The minimum atomic E-state index is -0.402. The summed E-state index contributed by atoms with van der Waals surface area (Å²) >= 11 is 0. The zero-order chi connectivity index (χ0) is 17.8. The van der Waals surface area contributed by atoms with Crippen molar-refractivity contribution < 1.29 is 14.5 Å². The highest BCUT2D eigenvalue weighted by Gasteiger charge is 2.32. The molecule has 7 nitrogen and oxygen atoms in total. The molecule has 1 unspecified atom stereocenters. The molecule has 1 saturated heterocycles. The predicted molar refractivity (Wildman–Crippen MR) is 94.4 cm³/mol. The van der Waals surface area contributed by atoms with E-state index in [-0.39, 0.29) is 17.6 Å². The Bertz CT molecular complexity index is 643. The van der Waals surface area contributed by atoms with Gasteiger partial charge in [-0.25, -0.2) is 0 Å². The van der Waals surface area contributed by atoms with Gasteiger partial charge in [0.05, 0.1) is 11.5 Å². The molecule has 1 aliphatic carbocycles. The average molecular weight is 347 g/mol. The third kappa shape index (κ3) is 4.10. The molecule has 25 heavy (non-hydrogen) atoms. The van der Waals surface area contributed by atoms with E-state index in [0.29, 0.717) is 19.1 Å². The molecule has 1 aromatic carbocycles. The summed E-state index contributed by atoms with van der Waals surface area (Å²) in [6.45, 7) is 1.78. The van der Waals surface area contributed by atoms with E-state index in [2.05, 4.69) is 5.32 Å². The standard InChI is InChI=1S/C18H25N3O4/c1-25-12-14-10-16(21(23)24)6-7-17(14)19-15-8-9-20(11-15)18(22)13-4-2-3-5-13/h6-7,10,13,15,19H,2-5,8-9,11-12H2,1H3. The number of nitro benzene ring substituents is 1. The van der Waals surface area contributed by atoms with Crippen molar-refractivity contribution in [3.05, 3.63) is 33.9 Å². The minimum absolute atomic E-state index is 0.0575. The molecule has 1 atom stereocenters. The molecule has 1 heterocycles. The number of non-ortho nitro benzene ring substituents is 1. The van der Waals surface area contributed by atoms with Gasteiger partial charge < -0.3 is 15.0 Å². The molecule has 0 bridgehead atoms. The van der Waals surface area contributed by atoms with E-state index in [1.807, 2.05) is 4.90 Å². The van der Waals surface area contributed by atoms with E-state index in [4.69, 9.17) is 4.74 Å². The van der Waals surface area contributed by atoms with Crippen molar-refractivity contribution in [1.29, 1.82) is 0 Å². The quantitative estimate of drug-likeness (QED) is 0.632. The van der Waals surface area contributed by atoms with Gasteiger partial charge in [0.25, 0.3) is 5.69 Å². The van der Waals surface area contributed by atoms with Crippen LogP contribution in [0.2, 0.25) is 0 Å². The maximum atomic E-state index is 12.5. The van der Waals surface area contributed by atoms with Crippen molar-refractivity contribution in [2.75, 3.05) is 25.5 Å². The van der Waals surface area contributed by atoms with Crippen LogP contribution in [0.3, 0.4) is 0 Å². The monoisotopic (exact) mass is 347 g/mol. The number of anilines is 1. The maximum Gasteiger partial charge on any atom is 0.269 e. The van der Waals surface area contributed by atoms with Crippen LogP contribution in [0.5, 0.6) is 0 Å². The van der Waals surface area contributed by atoms with Gasteiger partial charge in [0.2, 0.25) is 5.91 Å². The van der Waals surface area contributed by atoms with Crippen molar-refractivity contribution in [3.63, 3.8) is 0 Å². The number of rotatable bonds is 6. The number of likely N-dealkylation sites (tertiary alicyclic amines) is 1. The van der Waals surface area contributed by atoms with Gasteiger partial charge in [0.1, 0.15) is 0 Å². The van der Waals surface area contributed by atoms with Gasteiger partial charge in [-0.1, -0.05) is 12.8 Å². The Morgan fingerprint density at radius 1 is 1.36 bits per heavy atom. The lowest BCUT2D eigenvalue weighted by Gasteiger charge is -2.21. The fraction of sp³-hybridized carbons (Fsp3) is 0.611. The van der Waals surface area contributed by atoms with E-state index >= 15 is 0 Å². The number of hydrogen-bond acceptors (Lipinski definition) is 5. The number of carbonyl (C=O) groups is 1. The second kappa shape index (κ2) is 7.82. The Hall–Kier alpha value is -2.15. The van der Waals surface area contributed by atoms with Gasteiger partial charge in [-0.3, -0.25) is 14.9 Å². The number of carbonyl (C=O) groups excluding carboxylic acids is 1. The lowest BCUT2D eigenvalue weighted by molar-refractivity contribution is -0.384. The number of ether oxygens (including phenoxy) is 1. The topological polar surface area (TPSA) is 84.7 Å². The average Bonchev–Trinajstić information content (AvgIpc) is 3.27. The second-order valence-electron chi connectivity index (χ2n) is 6.93. The van der Waals surface area contributed by atoms with Crippen LogP contribution in [0.15, 0.2) is 18.2 Å². The number of methoxy groups -OCH3 is 1. The molecular weight excluding hydrogens is 322 g/mol. The van der Waals surface area contributed by atoms with E-state index in [1.165, 1.54) is 6.07 Å². The smallest absolute Gasteiger partial charge is 0.269 e. The normalized spacial score (nSPS) is 20.8. The highest BCUT2D eigenvalue weighted by molar-refractivity contribution is 5.79. The van der Waals surface area contributed by atoms with E-state index < -0.39 is 4.92 Å². The van der Waals surface area contributed by atoms with Crippen molar-refractivity contribution >= 4 is 17.3 Å². The van der Waals surface area contributed by atoms with Crippen LogP contribution >= 0.6 is 0 Å². The summed E-state index contributed by atoms with van der Waals surface area (Å²) in [7, 11) is 1.57. The number of nitrogens with zero attached hydrogens (tertiary/aromatic N) is 2. The van der Waals surface area contributed by atoms with Crippen molar-refractivity contribution in [3.8, 4) is 0 Å².